The van der Waals surface area contributed by atoms with Crippen LogP contribution in [0.5, 0.6) is 11.5 Å². The molecule has 2 aromatic carbocycles. The predicted octanol–water partition coefficient (Wildman–Crippen LogP) is 4.08. The molecule has 0 aliphatic carbocycles. The standard InChI is InChI=1S/C22H31N3O3.2ClH/c1-5-25(6-2)11-12-28-20-10-8-17(13-21(20)27-4)15-24-22(26)19-14-18(23)9-7-16(19)3;;/h7-10,13-14H,5-6,11-12,15,23H2,1-4H3,(H,24,26);2*1H. The fourth-order valence-electron chi connectivity index (χ4n) is 2.93. The first kappa shape index (κ1) is 27.8. The molecule has 0 aliphatic heterocycles. The molecule has 0 saturated heterocycles. The second-order valence-corrected chi connectivity index (χ2v) is 6.62. The highest BCUT2D eigenvalue weighted by molar-refractivity contribution is 5.96. The molecule has 0 atom stereocenters. The predicted molar refractivity (Wildman–Crippen MR) is 128 cm³/mol. The molecule has 168 valence electrons. The molecule has 0 aliphatic rings. The summed E-state index contributed by atoms with van der Waals surface area (Å²) in [6.07, 6.45) is 0. The Kier molecular flexibility index (Phi) is 13.0. The molecule has 0 fully saturated rings. The average Bonchev–Trinajstić information content (AvgIpc) is 2.71. The summed E-state index contributed by atoms with van der Waals surface area (Å²) in [5.74, 6) is 1.21. The van der Waals surface area contributed by atoms with Crippen molar-refractivity contribution < 1.29 is 14.3 Å². The number of nitrogens with one attached hydrogen (secondary N) is 1. The molecule has 30 heavy (non-hydrogen) atoms. The largest absolute Gasteiger partial charge is 0.493 e. The van der Waals surface area contributed by atoms with Gasteiger partial charge in [-0.2, -0.15) is 0 Å². The highest BCUT2D eigenvalue weighted by atomic mass is 35.5. The van der Waals surface area contributed by atoms with Crippen LogP contribution in [-0.4, -0.2) is 44.2 Å². The lowest BCUT2D eigenvalue weighted by molar-refractivity contribution is 0.0950. The molecule has 2 rings (SSSR count). The van der Waals surface area contributed by atoms with E-state index < -0.39 is 0 Å². The molecule has 8 heteroatoms. The van der Waals surface area contributed by atoms with Crippen molar-refractivity contribution in [3.63, 3.8) is 0 Å². The lowest BCUT2D eigenvalue weighted by atomic mass is 10.1. The number of halogens is 2. The summed E-state index contributed by atoms with van der Waals surface area (Å²) < 4.78 is 11.3. The SMILES string of the molecule is CCN(CC)CCOc1ccc(CNC(=O)c2cc(N)ccc2C)cc1OC.Cl.Cl. The molecule has 6 nitrogen and oxygen atoms in total. The zero-order valence-corrected chi connectivity index (χ0v) is 19.7. The van der Waals surface area contributed by atoms with Crippen LogP contribution < -0.4 is 20.5 Å². The van der Waals surface area contributed by atoms with E-state index in [9.17, 15) is 4.79 Å². The highest BCUT2D eigenvalue weighted by Gasteiger charge is 2.11. The minimum absolute atomic E-state index is 0. The number of hydrogen-bond donors (Lipinski definition) is 2. The van der Waals surface area contributed by atoms with Crippen LogP contribution in [0, 0.1) is 6.92 Å². The van der Waals surface area contributed by atoms with Crippen molar-refractivity contribution >= 4 is 36.4 Å². The second-order valence-electron chi connectivity index (χ2n) is 6.62. The summed E-state index contributed by atoms with van der Waals surface area (Å²) in [6.45, 7) is 10.0. The number of benzene rings is 2. The van der Waals surface area contributed by atoms with Crippen LogP contribution in [0.2, 0.25) is 0 Å². The number of rotatable bonds is 10. The van der Waals surface area contributed by atoms with Gasteiger partial charge >= 0.3 is 0 Å². The molecule has 0 saturated carbocycles. The highest BCUT2D eigenvalue weighted by Crippen LogP contribution is 2.28. The summed E-state index contributed by atoms with van der Waals surface area (Å²) in [5.41, 5.74) is 8.77. The van der Waals surface area contributed by atoms with E-state index in [1.807, 2.05) is 31.2 Å². The maximum Gasteiger partial charge on any atom is 0.251 e. The number of nitrogen functional groups attached to an aromatic ring is 1. The van der Waals surface area contributed by atoms with Crippen LogP contribution in [0.15, 0.2) is 36.4 Å². The van der Waals surface area contributed by atoms with Gasteiger partial charge in [-0.05, 0) is 55.4 Å². The van der Waals surface area contributed by atoms with E-state index in [0.29, 0.717) is 35.9 Å². The molecule has 1 amide bonds. The molecule has 0 aromatic heterocycles. The van der Waals surface area contributed by atoms with Gasteiger partial charge in [0, 0.05) is 24.3 Å². The number of methoxy groups -OCH3 is 1. The molecule has 0 heterocycles. The van der Waals surface area contributed by atoms with Crippen molar-refractivity contribution in [2.45, 2.75) is 27.3 Å². The Hall–Kier alpha value is -2.15. The van der Waals surface area contributed by atoms with E-state index in [1.54, 1.807) is 19.2 Å². The number of ether oxygens (including phenoxy) is 2. The molecule has 0 unspecified atom stereocenters. The zero-order chi connectivity index (χ0) is 20.5. The van der Waals surface area contributed by atoms with Gasteiger partial charge in [0.1, 0.15) is 6.61 Å². The third kappa shape index (κ3) is 7.94. The van der Waals surface area contributed by atoms with Gasteiger partial charge < -0.3 is 25.4 Å². The van der Waals surface area contributed by atoms with Crippen molar-refractivity contribution in [2.24, 2.45) is 0 Å². The van der Waals surface area contributed by atoms with Gasteiger partial charge in [0.25, 0.3) is 5.91 Å². The van der Waals surface area contributed by atoms with E-state index in [2.05, 4.69) is 24.1 Å². The summed E-state index contributed by atoms with van der Waals surface area (Å²) in [4.78, 5) is 14.7. The summed E-state index contributed by atoms with van der Waals surface area (Å²) in [5, 5.41) is 2.93. The van der Waals surface area contributed by atoms with E-state index in [-0.39, 0.29) is 30.7 Å². The van der Waals surface area contributed by atoms with Gasteiger partial charge in [0.15, 0.2) is 11.5 Å². The molecule has 0 radical (unpaired) electrons. The Morgan fingerprint density at radius 3 is 2.40 bits per heavy atom. The van der Waals surface area contributed by atoms with Crippen LogP contribution in [0.4, 0.5) is 5.69 Å². The first-order valence-electron chi connectivity index (χ1n) is 9.64. The Bertz CT molecular complexity index is 799. The van der Waals surface area contributed by atoms with Crippen LogP contribution in [0.25, 0.3) is 0 Å². The van der Waals surface area contributed by atoms with Gasteiger partial charge in [-0.3, -0.25) is 4.79 Å². The van der Waals surface area contributed by atoms with Crippen molar-refractivity contribution in [1.29, 1.82) is 0 Å². The smallest absolute Gasteiger partial charge is 0.251 e. The Balaban J connectivity index is 0.00000420. The number of carbonyl (C=O) groups excluding carboxylic acids is 1. The number of anilines is 1. The number of nitrogens with zero attached hydrogens (tertiary/aromatic N) is 1. The number of carbonyl (C=O) groups is 1. The van der Waals surface area contributed by atoms with Crippen molar-refractivity contribution in [1.82, 2.24) is 10.2 Å². The first-order valence-corrected chi connectivity index (χ1v) is 9.64. The lowest BCUT2D eigenvalue weighted by Gasteiger charge is -2.19. The van der Waals surface area contributed by atoms with Gasteiger partial charge in [-0.1, -0.05) is 26.0 Å². The third-order valence-electron chi connectivity index (χ3n) is 4.75. The number of hydrogen-bond acceptors (Lipinski definition) is 5. The summed E-state index contributed by atoms with van der Waals surface area (Å²) in [6, 6.07) is 11.0. The normalized spacial score (nSPS) is 10.0. The molecular formula is C22H33Cl2N3O3. The molecule has 0 bridgehead atoms. The Labute approximate surface area is 191 Å². The fraction of sp³-hybridized carbons (Fsp3) is 0.409. The molecule has 2 aromatic rings. The molecule has 3 N–H and O–H groups in total. The van der Waals surface area contributed by atoms with E-state index in [0.717, 1.165) is 30.8 Å². The number of nitrogens with two attached hydrogens (primary N) is 1. The van der Waals surface area contributed by atoms with Gasteiger partial charge in [-0.25, -0.2) is 0 Å². The van der Waals surface area contributed by atoms with Crippen molar-refractivity contribution in [3.05, 3.63) is 53.1 Å². The monoisotopic (exact) mass is 457 g/mol. The quantitative estimate of drug-likeness (QED) is 0.525. The van der Waals surface area contributed by atoms with Crippen LogP contribution in [-0.2, 0) is 6.54 Å². The second kappa shape index (κ2) is 14.0. The maximum atomic E-state index is 12.4. The summed E-state index contributed by atoms with van der Waals surface area (Å²) in [7, 11) is 1.62. The molecule has 0 spiro atoms. The van der Waals surface area contributed by atoms with E-state index in [1.165, 1.54) is 0 Å². The van der Waals surface area contributed by atoms with Gasteiger partial charge in [0.2, 0.25) is 0 Å². The fourth-order valence-corrected chi connectivity index (χ4v) is 2.93. The lowest BCUT2D eigenvalue weighted by Crippen LogP contribution is -2.28. The zero-order valence-electron chi connectivity index (χ0n) is 18.1. The number of aryl methyl sites for hydroxylation is 1. The van der Waals surface area contributed by atoms with Crippen molar-refractivity contribution in [3.8, 4) is 11.5 Å². The van der Waals surface area contributed by atoms with Gasteiger partial charge in [0.05, 0.1) is 7.11 Å². The summed E-state index contributed by atoms with van der Waals surface area (Å²) >= 11 is 0. The minimum atomic E-state index is -0.150. The minimum Gasteiger partial charge on any atom is -0.493 e. The van der Waals surface area contributed by atoms with Crippen LogP contribution in [0.1, 0.15) is 35.3 Å². The Morgan fingerprint density at radius 2 is 1.77 bits per heavy atom. The van der Waals surface area contributed by atoms with E-state index >= 15 is 0 Å². The van der Waals surface area contributed by atoms with Crippen LogP contribution in [0.3, 0.4) is 0 Å². The third-order valence-corrected chi connectivity index (χ3v) is 4.75. The molecular weight excluding hydrogens is 425 g/mol. The number of likely N-dealkylation sites (N-methyl/N-ethyl adjacent to an activating group) is 1. The van der Waals surface area contributed by atoms with Crippen molar-refractivity contribution in [2.75, 3.05) is 39.1 Å². The first-order chi connectivity index (χ1) is 13.5. The topological polar surface area (TPSA) is 76.8 Å². The Morgan fingerprint density at radius 1 is 1.07 bits per heavy atom. The van der Waals surface area contributed by atoms with Crippen LogP contribution >= 0.6 is 24.8 Å². The van der Waals surface area contributed by atoms with E-state index in [4.69, 9.17) is 15.2 Å². The van der Waals surface area contributed by atoms with Gasteiger partial charge in [-0.15, -0.1) is 24.8 Å². The average molecular weight is 458 g/mol. The number of amides is 1. The maximum absolute atomic E-state index is 12.4.